The van der Waals surface area contributed by atoms with E-state index in [0.717, 1.165) is 22.4 Å². The molecule has 0 unspecified atom stereocenters. The third-order valence-corrected chi connectivity index (χ3v) is 5.50. The van der Waals surface area contributed by atoms with Crippen LogP contribution >= 0.6 is 0 Å². The molecule has 0 N–H and O–H groups in total. The third-order valence-electron chi connectivity index (χ3n) is 5.50. The van der Waals surface area contributed by atoms with Crippen LogP contribution in [0.15, 0.2) is 89.7 Å². The van der Waals surface area contributed by atoms with Crippen molar-refractivity contribution < 1.29 is 0 Å². The summed E-state index contributed by atoms with van der Waals surface area (Å²) in [6.07, 6.45) is 3.98. The van der Waals surface area contributed by atoms with Gasteiger partial charge in [-0.25, -0.2) is 4.98 Å². The van der Waals surface area contributed by atoms with E-state index in [-0.39, 0.29) is 5.56 Å². The van der Waals surface area contributed by atoms with Gasteiger partial charge in [0, 0.05) is 0 Å². The lowest BCUT2D eigenvalue weighted by molar-refractivity contribution is 0.940. The van der Waals surface area contributed by atoms with Gasteiger partial charge in [0.25, 0.3) is 5.56 Å². The van der Waals surface area contributed by atoms with Gasteiger partial charge in [-0.05, 0) is 71.7 Å². The average Bonchev–Trinajstić information content (AvgIpc) is 2.77. The minimum absolute atomic E-state index is 0.0619. The van der Waals surface area contributed by atoms with Crippen LogP contribution in [-0.4, -0.2) is 9.55 Å². The predicted octanol–water partition coefficient (Wildman–Crippen LogP) is 6.33. The number of aryl methyl sites for hydroxylation is 2. The van der Waals surface area contributed by atoms with Gasteiger partial charge in [-0.1, -0.05) is 66.7 Å². The molecule has 3 heteroatoms. The summed E-state index contributed by atoms with van der Waals surface area (Å²) in [6, 6.07) is 28.2. The molecule has 3 nitrogen and oxygen atoms in total. The summed E-state index contributed by atoms with van der Waals surface area (Å²) in [5.74, 6) is 0.613. The van der Waals surface area contributed by atoms with Crippen LogP contribution in [0, 0.1) is 13.8 Å². The minimum atomic E-state index is -0.0619. The molecule has 0 spiro atoms. The van der Waals surface area contributed by atoms with Crippen LogP contribution in [-0.2, 0) is 0 Å². The zero-order valence-corrected chi connectivity index (χ0v) is 17.5. The Morgan fingerprint density at radius 1 is 0.742 bits per heavy atom. The summed E-state index contributed by atoms with van der Waals surface area (Å²) in [6.45, 7) is 4.09. The van der Waals surface area contributed by atoms with Gasteiger partial charge in [0.1, 0.15) is 5.82 Å². The second kappa shape index (κ2) is 7.69. The lowest BCUT2D eigenvalue weighted by Gasteiger charge is -2.13. The number of benzene rings is 4. The van der Waals surface area contributed by atoms with Crippen LogP contribution in [0.5, 0.6) is 0 Å². The Hall–Kier alpha value is -3.98. The summed E-state index contributed by atoms with van der Waals surface area (Å²) in [5.41, 5.74) is 4.78. The number of nitrogens with zero attached hydrogens (tertiary/aromatic N) is 2. The van der Waals surface area contributed by atoms with Gasteiger partial charge < -0.3 is 0 Å². The molecule has 1 aromatic heterocycles. The first kappa shape index (κ1) is 19.0. The van der Waals surface area contributed by atoms with Crippen molar-refractivity contribution in [2.24, 2.45) is 0 Å². The van der Waals surface area contributed by atoms with E-state index in [4.69, 9.17) is 4.98 Å². The highest BCUT2D eigenvalue weighted by Crippen LogP contribution is 2.22. The average molecular weight is 402 g/mol. The van der Waals surface area contributed by atoms with Crippen molar-refractivity contribution in [1.82, 2.24) is 9.55 Å². The SMILES string of the molecule is Cc1cc(C)cc(-n2c(/C=C/c3cccc4ccccc34)nc3ccccc3c2=O)c1. The molecule has 0 saturated heterocycles. The van der Waals surface area contributed by atoms with Gasteiger partial charge in [0.2, 0.25) is 0 Å². The fourth-order valence-electron chi connectivity index (χ4n) is 4.15. The number of hydrogen-bond acceptors (Lipinski definition) is 2. The van der Waals surface area contributed by atoms with Crippen molar-refractivity contribution >= 4 is 33.8 Å². The summed E-state index contributed by atoms with van der Waals surface area (Å²) >= 11 is 0. The number of fused-ring (bicyclic) bond motifs is 2. The number of aromatic nitrogens is 2. The Bertz CT molecular complexity index is 1500. The topological polar surface area (TPSA) is 34.9 Å². The minimum Gasteiger partial charge on any atom is -0.268 e. The van der Waals surface area contributed by atoms with Crippen molar-refractivity contribution in [1.29, 1.82) is 0 Å². The smallest absolute Gasteiger partial charge is 0.266 e. The van der Waals surface area contributed by atoms with Crippen LogP contribution < -0.4 is 5.56 Å². The Kier molecular flexibility index (Phi) is 4.72. The first-order valence-electron chi connectivity index (χ1n) is 10.4. The molecule has 31 heavy (non-hydrogen) atoms. The second-order valence-electron chi connectivity index (χ2n) is 7.88. The van der Waals surface area contributed by atoms with E-state index in [1.165, 1.54) is 10.8 Å². The summed E-state index contributed by atoms with van der Waals surface area (Å²) in [7, 11) is 0. The second-order valence-corrected chi connectivity index (χ2v) is 7.88. The molecule has 0 bridgehead atoms. The molecule has 0 amide bonds. The molecule has 0 saturated carbocycles. The monoisotopic (exact) mass is 402 g/mol. The Labute approximate surface area is 180 Å². The van der Waals surface area contributed by atoms with Crippen molar-refractivity contribution in [2.75, 3.05) is 0 Å². The molecular weight excluding hydrogens is 380 g/mol. The van der Waals surface area contributed by atoms with Gasteiger partial charge in [0.05, 0.1) is 16.6 Å². The highest BCUT2D eigenvalue weighted by Gasteiger charge is 2.12. The first-order chi connectivity index (χ1) is 15.1. The predicted molar refractivity (Wildman–Crippen MR) is 130 cm³/mol. The number of rotatable bonds is 3. The van der Waals surface area contributed by atoms with Crippen molar-refractivity contribution in [3.05, 3.63) is 118 Å². The molecule has 1 heterocycles. The highest BCUT2D eigenvalue weighted by atomic mass is 16.1. The standard InChI is InChI=1S/C28H22N2O/c1-19-16-20(2)18-23(17-19)30-27(29-26-13-6-5-12-25(26)28(30)31)15-14-22-10-7-9-21-8-3-4-11-24(21)22/h3-18H,1-2H3/b15-14+. The Balaban J connectivity index is 1.76. The molecule has 0 radical (unpaired) electrons. The van der Waals surface area contributed by atoms with Crippen molar-refractivity contribution in [2.45, 2.75) is 13.8 Å². The van der Waals surface area contributed by atoms with Gasteiger partial charge in [-0.3, -0.25) is 9.36 Å². The van der Waals surface area contributed by atoms with Crippen LogP contribution in [0.25, 0.3) is 39.5 Å². The van der Waals surface area contributed by atoms with Crippen LogP contribution in [0.2, 0.25) is 0 Å². The van der Waals surface area contributed by atoms with Crippen molar-refractivity contribution in [3.8, 4) is 5.69 Å². The maximum Gasteiger partial charge on any atom is 0.266 e. The van der Waals surface area contributed by atoms with E-state index < -0.39 is 0 Å². The molecule has 0 atom stereocenters. The summed E-state index contributed by atoms with van der Waals surface area (Å²) in [5, 5.41) is 2.97. The van der Waals surface area contributed by atoms with E-state index in [1.54, 1.807) is 4.57 Å². The van der Waals surface area contributed by atoms with Gasteiger partial charge in [-0.2, -0.15) is 0 Å². The van der Waals surface area contributed by atoms with E-state index in [1.807, 2.05) is 80.6 Å². The molecule has 5 rings (SSSR count). The van der Waals surface area contributed by atoms with Crippen molar-refractivity contribution in [3.63, 3.8) is 0 Å². The molecule has 0 aliphatic rings. The lowest BCUT2D eigenvalue weighted by atomic mass is 10.0. The molecule has 0 aliphatic heterocycles. The van der Waals surface area contributed by atoms with Gasteiger partial charge in [0.15, 0.2) is 0 Å². The fourth-order valence-corrected chi connectivity index (χ4v) is 4.15. The molecule has 0 aliphatic carbocycles. The van der Waals surface area contributed by atoms with Gasteiger partial charge >= 0.3 is 0 Å². The molecule has 150 valence electrons. The maximum absolute atomic E-state index is 13.5. The number of hydrogen-bond donors (Lipinski definition) is 0. The van der Waals surface area contributed by atoms with E-state index in [2.05, 4.69) is 30.3 Å². The fraction of sp³-hybridized carbons (Fsp3) is 0.0714. The number of para-hydroxylation sites is 1. The Morgan fingerprint density at radius 3 is 2.23 bits per heavy atom. The van der Waals surface area contributed by atoms with E-state index >= 15 is 0 Å². The maximum atomic E-state index is 13.5. The summed E-state index contributed by atoms with van der Waals surface area (Å²) in [4.78, 5) is 18.3. The van der Waals surface area contributed by atoms with E-state index in [0.29, 0.717) is 16.7 Å². The zero-order chi connectivity index (χ0) is 21.4. The van der Waals surface area contributed by atoms with E-state index in [9.17, 15) is 4.79 Å². The lowest BCUT2D eigenvalue weighted by Crippen LogP contribution is -2.22. The molecular formula is C28H22N2O. The zero-order valence-electron chi connectivity index (χ0n) is 17.5. The largest absolute Gasteiger partial charge is 0.268 e. The van der Waals surface area contributed by atoms with Gasteiger partial charge in [-0.15, -0.1) is 0 Å². The molecule has 0 fully saturated rings. The molecule has 5 aromatic rings. The van der Waals surface area contributed by atoms with Crippen LogP contribution in [0.3, 0.4) is 0 Å². The molecule has 4 aromatic carbocycles. The highest BCUT2D eigenvalue weighted by molar-refractivity contribution is 5.92. The third kappa shape index (κ3) is 3.55. The van der Waals surface area contributed by atoms with Crippen LogP contribution in [0.4, 0.5) is 0 Å². The first-order valence-corrected chi connectivity index (χ1v) is 10.4. The normalized spacial score (nSPS) is 11.5. The summed E-state index contributed by atoms with van der Waals surface area (Å²) < 4.78 is 1.71. The van der Waals surface area contributed by atoms with Crippen LogP contribution in [0.1, 0.15) is 22.5 Å². The quantitative estimate of drug-likeness (QED) is 0.354. The Morgan fingerprint density at radius 2 is 1.42 bits per heavy atom.